The molecule has 0 saturated heterocycles. The average Bonchev–Trinajstić information content (AvgIpc) is 2.56. The molecule has 2 aromatic carbocycles. The zero-order valence-electron chi connectivity index (χ0n) is 13.6. The largest absolute Gasteiger partial charge is 0.270 e. The van der Waals surface area contributed by atoms with Crippen molar-refractivity contribution >= 4 is 15.7 Å². The lowest BCUT2D eigenvalue weighted by Crippen LogP contribution is -2.29. The van der Waals surface area contributed by atoms with Gasteiger partial charge in [0.25, 0.3) is 5.69 Å². The quantitative estimate of drug-likeness (QED) is 0.613. The van der Waals surface area contributed by atoms with Gasteiger partial charge in [-0.2, -0.15) is 0 Å². The van der Waals surface area contributed by atoms with Crippen molar-refractivity contribution in [1.29, 1.82) is 0 Å². The van der Waals surface area contributed by atoms with Crippen molar-refractivity contribution in [3.63, 3.8) is 0 Å². The van der Waals surface area contributed by atoms with Gasteiger partial charge >= 0.3 is 0 Å². The molecule has 6 nitrogen and oxygen atoms in total. The fraction of sp³-hybridized carbons (Fsp3) is 0.294. The summed E-state index contributed by atoms with van der Waals surface area (Å²) in [6, 6.07) is 13.5. The van der Waals surface area contributed by atoms with Crippen molar-refractivity contribution in [3.8, 4) is 0 Å². The van der Waals surface area contributed by atoms with Crippen LogP contribution in [0.5, 0.6) is 0 Å². The molecule has 1 unspecified atom stereocenters. The molecule has 128 valence electrons. The number of benzene rings is 2. The van der Waals surface area contributed by atoms with Crippen molar-refractivity contribution in [2.75, 3.05) is 6.54 Å². The van der Waals surface area contributed by atoms with Gasteiger partial charge < -0.3 is 0 Å². The van der Waals surface area contributed by atoms with Gasteiger partial charge in [-0.25, -0.2) is 13.1 Å². The molecule has 2 rings (SSSR count). The number of rotatable bonds is 7. The Morgan fingerprint density at radius 1 is 1.17 bits per heavy atom. The Labute approximate surface area is 141 Å². The van der Waals surface area contributed by atoms with E-state index >= 15 is 0 Å². The molecule has 24 heavy (non-hydrogen) atoms. The summed E-state index contributed by atoms with van der Waals surface area (Å²) in [6.45, 7) is 3.85. The third-order valence-electron chi connectivity index (χ3n) is 3.96. The Balaban J connectivity index is 2.22. The van der Waals surface area contributed by atoms with Crippen LogP contribution in [0.4, 0.5) is 5.69 Å². The van der Waals surface area contributed by atoms with E-state index in [1.165, 1.54) is 12.1 Å². The Hall–Kier alpha value is -2.25. The van der Waals surface area contributed by atoms with Crippen LogP contribution in [0.2, 0.25) is 0 Å². The molecular weight excluding hydrogens is 328 g/mol. The summed E-state index contributed by atoms with van der Waals surface area (Å²) >= 11 is 0. The molecule has 0 radical (unpaired) electrons. The first kappa shape index (κ1) is 18.1. The highest BCUT2D eigenvalue weighted by Gasteiger charge is 2.21. The maximum atomic E-state index is 12.5. The number of sulfonamides is 1. The van der Waals surface area contributed by atoms with Crippen molar-refractivity contribution < 1.29 is 13.3 Å². The minimum Gasteiger partial charge on any atom is -0.258 e. The lowest BCUT2D eigenvalue weighted by atomic mass is 9.97. The predicted molar refractivity (Wildman–Crippen MR) is 92.5 cm³/mol. The number of hydrogen-bond acceptors (Lipinski definition) is 4. The maximum Gasteiger partial charge on any atom is 0.270 e. The number of hydrogen-bond donors (Lipinski definition) is 1. The van der Waals surface area contributed by atoms with Crippen LogP contribution in [-0.2, 0) is 10.0 Å². The zero-order chi connectivity index (χ0) is 17.7. The smallest absolute Gasteiger partial charge is 0.258 e. The maximum absolute atomic E-state index is 12.5. The number of non-ortho nitro benzene ring substituents is 1. The number of nitrogens with zero attached hydrogens (tertiary/aromatic N) is 1. The molecule has 0 aliphatic carbocycles. The fourth-order valence-electron chi connectivity index (χ4n) is 2.50. The molecule has 0 saturated carbocycles. The number of nitrogens with one attached hydrogen (secondary N) is 1. The molecule has 2 aromatic rings. The molecule has 0 bridgehead atoms. The third kappa shape index (κ3) is 4.18. The molecule has 0 amide bonds. The van der Waals surface area contributed by atoms with Gasteiger partial charge in [0.15, 0.2) is 0 Å². The van der Waals surface area contributed by atoms with E-state index in [0.29, 0.717) is 5.56 Å². The van der Waals surface area contributed by atoms with Crippen molar-refractivity contribution in [1.82, 2.24) is 4.72 Å². The summed E-state index contributed by atoms with van der Waals surface area (Å²) in [5, 5.41) is 10.9. The lowest BCUT2D eigenvalue weighted by molar-refractivity contribution is -0.385. The molecule has 0 spiro atoms. The lowest BCUT2D eigenvalue weighted by Gasteiger charge is -2.17. The number of aryl methyl sites for hydroxylation is 1. The van der Waals surface area contributed by atoms with Crippen LogP contribution >= 0.6 is 0 Å². The van der Waals surface area contributed by atoms with Crippen molar-refractivity contribution in [2.24, 2.45) is 0 Å². The van der Waals surface area contributed by atoms with Crippen molar-refractivity contribution in [3.05, 3.63) is 69.8 Å². The summed E-state index contributed by atoms with van der Waals surface area (Å²) in [5.41, 5.74) is 1.29. The molecule has 0 heterocycles. The van der Waals surface area contributed by atoms with Crippen LogP contribution in [0.15, 0.2) is 53.4 Å². The summed E-state index contributed by atoms with van der Waals surface area (Å²) in [5.74, 6) is 0.0416. The van der Waals surface area contributed by atoms with Crippen LogP contribution in [0.25, 0.3) is 0 Å². The molecule has 1 atom stereocenters. The van der Waals surface area contributed by atoms with E-state index in [9.17, 15) is 18.5 Å². The first-order chi connectivity index (χ1) is 11.3. The van der Waals surface area contributed by atoms with Crippen LogP contribution in [-0.4, -0.2) is 19.9 Å². The second-order valence-corrected chi connectivity index (χ2v) is 7.31. The summed E-state index contributed by atoms with van der Waals surface area (Å²) < 4.78 is 27.7. The first-order valence-corrected chi connectivity index (χ1v) is 9.13. The van der Waals surface area contributed by atoms with Crippen LogP contribution in [0.3, 0.4) is 0 Å². The minimum atomic E-state index is -3.81. The van der Waals surface area contributed by atoms with Crippen molar-refractivity contribution in [2.45, 2.75) is 31.1 Å². The Morgan fingerprint density at radius 2 is 1.83 bits per heavy atom. The van der Waals surface area contributed by atoms with E-state index in [-0.39, 0.29) is 23.0 Å². The topological polar surface area (TPSA) is 89.3 Å². The first-order valence-electron chi connectivity index (χ1n) is 7.64. The molecular formula is C17H20N2O4S. The van der Waals surface area contributed by atoms with Gasteiger partial charge in [0.1, 0.15) is 0 Å². The van der Waals surface area contributed by atoms with Gasteiger partial charge in [0.2, 0.25) is 10.0 Å². The molecule has 1 N–H and O–H groups in total. The summed E-state index contributed by atoms with van der Waals surface area (Å²) in [4.78, 5) is 10.2. The fourth-order valence-corrected chi connectivity index (χ4v) is 3.85. The normalized spacial score (nSPS) is 12.8. The molecule has 0 aliphatic heterocycles. The molecule has 0 aromatic heterocycles. The van der Waals surface area contributed by atoms with Crippen LogP contribution < -0.4 is 4.72 Å². The second-order valence-electron chi connectivity index (χ2n) is 5.57. The predicted octanol–water partition coefficient (Wildman–Crippen LogP) is 3.38. The van der Waals surface area contributed by atoms with Gasteiger partial charge in [-0.05, 0) is 30.4 Å². The molecule has 0 fully saturated rings. The van der Waals surface area contributed by atoms with Crippen LogP contribution in [0, 0.1) is 17.0 Å². The minimum absolute atomic E-state index is 0.0416. The van der Waals surface area contributed by atoms with E-state index in [1.807, 2.05) is 37.3 Å². The highest BCUT2D eigenvalue weighted by Crippen LogP contribution is 2.23. The SMILES string of the molecule is CCC(CNS(=O)(=O)c1cc([N+](=O)[O-])ccc1C)c1ccccc1. The van der Waals surface area contributed by atoms with Gasteiger partial charge in [0.05, 0.1) is 9.82 Å². The van der Waals surface area contributed by atoms with Gasteiger partial charge in [-0.3, -0.25) is 10.1 Å². The van der Waals surface area contributed by atoms with Gasteiger partial charge in [-0.15, -0.1) is 0 Å². The molecule has 0 aliphatic rings. The van der Waals surface area contributed by atoms with E-state index in [1.54, 1.807) is 6.92 Å². The Morgan fingerprint density at radius 3 is 2.42 bits per heavy atom. The monoisotopic (exact) mass is 348 g/mol. The second kappa shape index (κ2) is 7.55. The van der Waals surface area contributed by atoms with Crippen LogP contribution in [0.1, 0.15) is 30.4 Å². The zero-order valence-corrected chi connectivity index (χ0v) is 14.4. The van der Waals surface area contributed by atoms with Gasteiger partial charge in [0, 0.05) is 18.7 Å². The average molecular weight is 348 g/mol. The van der Waals surface area contributed by atoms with E-state index in [4.69, 9.17) is 0 Å². The van der Waals surface area contributed by atoms with E-state index < -0.39 is 14.9 Å². The number of nitro groups is 1. The highest BCUT2D eigenvalue weighted by molar-refractivity contribution is 7.89. The van der Waals surface area contributed by atoms with Gasteiger partial charge in [-0.1, -0.05) is 43.3 Å². The van der Waals surface area contributed by atoms with E-state index in [0.717, 1.165) is 18.1 Å². The highest BCUT2D eigenvalue weighted by atomic mass is 32.2. The Kier molecular flexibility index (Phi) is 5.69. The van der Waals surface area contributed by atoms with E-state index in [2.05, 4.69) is 4.72 Å². The molecule has 7 heteroatoms. The third-order valence-corrected chi connectivity index (χ3v) is 5.52. The Bertz CT molecular complexity index is 820. The summed E-state index contributed by atoms with van der Waals surface area (Å²) in [7, 11) is -3.81. The standard InChI is InChI=1S/C17H20N2O4S/c1-3-14(15-7-5-4-6-8-15)12-18-24(22,23)17-11-16(19(20)21)10-9-13(17)2/h4-11,14,18H,3,12H2,1-2H3. The summed E-state index contributed by atoms with van der Waals surface area (Å²) in [6.07, 6.45) is 0.778. The number of nitro benzene ring substituents is 1.